The van der Waals surface area contributed by atoms with E-state index >= 15 is 0 Å². The molecule has 0 unspecified atom stereocenters. The molecule has 0 aliphatic carbocycles. The summed E-state index contributed by atoms with van der Waals surface area (Å²) in [5.41, 5.74) is 11.4. The van der Waals surface area contributed by atoms with Crippen molar-refractivity contribution in [1.29, 1.82) is 0 Å². The van der Waals surface area contributed by atoms with E-state index in [0.717, 1.165) is 98.7 Å². The van der Waals surface area contributed by atoms with Crippen LogP contribution in [-0.2, 0) is 0 Å². The molecule has 5 heterocycles. The number of hydrogen-bond acceptors (Lipinski definition) is 7. The second kappa shape index (κ2) is 8.65. The van der Waals surface area contributed by atoms with Gasteiger partial charge in [0.2, 0.25) is 0 Å². The van der Waals surface area contributed by atoms with Gasteiger partial charge < -0.3 is 0 Å². The van der Waals surface area contributed by atoms with Gasteiger partial charge in [0.05, 0.1) is 60.7 Å². The Morgan fingerprint density at radius 2 is 0.682 bits per heavy atom. The molecule has 0 atom stereocenters. The molecule has 0 N–H and O–H groups in total. The normalized spacial score (nSPS) is 12.1. The molecular weight excluding hydrogens is 542 g/mol. The van der Waals surface area contributed by atoms with E-state index in [4.69, 9.17) is 24.9 Å². The molecule has 44 heavy (non-hydrogen) atoms. The molecule has 0 aliphatic heterocycles. The highest BCUT2D eigenvalue weighted by atomic mass is 14.8. The number of pyridine rings is 3. The number of hydrogen-bond donors (Lipinski definition) is 0. The van der Waals surface area contributed by atoms with Crippen molar-refractivity contribution in [3.05, 3.63) is 116 Å². The molecule has 202 valence electrons. The fraction of sp³-hybridized carbons (Fsp3) is 0. The van der Waals surface area contributed by atoms with Crippen LogP contribution in [-0.4, -0.2) is 34.9 Å². The largest absolute Gasteiger partial charge is 0.256 e. The van der Waals surface area contributed by atoms with Crippen LogP contribution in [0, 0.1) is 0 Å². The molecule has 0 saturated heterocycles. The van der Waals surface area contributed by atoms with Crippen LogP contribution >= 0.6 is 0 Å². The maximum Gasteiger partial charge on any atom is 0.0996 e. The predicted octanol–water partition coefficient (Wildman–Crippen LogP) is 8.34. The number of benzene rings is 5. The van der Waals surface area contributed by atoms with Crippen molar-refractivity contribution >= 4 is 87.6 Å². The summed E-state index contributed by atoms with van der Waals surface area (Å²) in [5, 5.41) is 5.02. The van der Waals surface area contributed by atoms with Crippen LogP contribution in [0.25, 0.3) is 98.7 Å². The van der Waals surface area contributed by atoms with E-state index in [1.54, 1.807) is 12.4 Å². The van der Waals surface area contributed by atoms with Crippen LogP contribution in [0.4, 0.5) is 0 Å². The molecule has 0 saturated carbocycles. The molecule has 7 nitrogen and oxygen atoms in total. The van der Waals surface area contributed by atoms with Gasteiger partial charge in [-0.1, -0.05) is 36.4 Å². The van der Waals surface area contributed by atoms with E-state index in [9.17, 15) is 0 Å². The van der Waals surface area contributed by atoms with E-state index in [1.807, 2.05) is 60.8 Å². The molecule has 7 heteroatoms. The fourth-order valence-corrected chi connectivity index (χ4v) is 6.50. The highest BCUT2D eigenvalue weighted by Gasteiger charge is 2.16. The Morgan fingerprint density at radius 1 is 0.295 bits per heavy atom. The zero-order chi connectivity index (χ0) is 28.8. The average Bonchev–Trinajstić information content (AvgIpc) is 3.10. The summed E-state index contributed by atoms with van der Waals surface area (Å²) < 4.78 is 0. The van der Waals surface area contributed by atoms with Gasteiger partial charge in [0.1, 0.15) is 0 Å². The van der Waals surface area contributed by atoms with Gasteiger partial charge in [0.15, 0.2) is 0 Å². The quantitative estimate of drug-likeness (QED) is 0.147. The third kappa shape index (κ3) is 3.23. The Kier molecular flexibility index (Phi) is 4.60. The number of fused-ring (bicyclic) bond motifs is 14. The zero-order valence-electron chi connectivity index (χ0n) is 23.1. The summed E-state index contributed by atoms with van der Waals surface area (Å²) >= 11 is 0. The van der Waals surface area contributed by atoms with Gasteiger partial charge in [0, 0.05) is 45.5 Å². The molecule has 0 amide bonds. The first-order chi connectivity index (χ1) is 21.8. The SMILES string of the molecule is c1ccc2c(c1)c1ncccc1c1nc3cc(-c4ccc5nc6c7cccnc7c7ncccc7c6nc5c4)ccc3nc21. The van der Waals surface area contributed by atoms with Crippen LogP contribution in [0.1, 0.15) is 0 Å². The highest BCUT2D eigenvalue weighted by molar-refractivity contribution is 6.23. The number of aromatic nitrogens is 7. The van der Waals surface area contributed by atoms with E-state index in [-0.39, 0.29) is 0 Å². The van der Waals surface area contributed by atoms with Gasteiger partial charge in [-0.15, -0.1) is 0 Å². The predicted molar refractivity (Wildman–Crippen MR) is 176 cm³/mol. The van der Waals surface area contributed by atoms with Crippen molar-refractivity contribution in [3.8, 4) is 11.1 Å². The van der Waals surface area contributed by atoms with Gasteiger partial charge in [-0.05, 0) is 71.8 Å². The summed E-state index contributed by atoms with van der Waals surface area (Å²) in [6.07, 6.45) is 5.42. The van der Waals surface area contributed by atoms with Crippen molar-refractivity contribution in [3.63, 3.8) is 0 Å². The first kappa shape index (κ1) is 23.4. The maximum absolute atomic E-state index is 5.17. The first-order valence-electron chi connectivity index (χ1n) is 14.4. The van der Waals surface area contributed by atoms with E-state index in [2.05, 4.69) is 52.4 Å². The van der Waals surface area contributed by atoms with E-state index in [1.165, 1.54) is 0 Å². The van der Waals surface area contributed by atoms with Crippen molar-refractivity contribution in [1.82, 2.24) is 34.9 Å². The first-order valence-corrected chi connectivity index (χ1v) is 14.4. The van der Waals surface area contributed by atoms with Gasteiger partial charge in [-0.3, -0.25) is 15.0 Å². The van der Waals surface area contributed by atoms with Crippen molar-refractivity contribution in [2.24, 2.45) is 0 Å². The van der Waals surface area contributed by atoms with Crippen molar-refractivity contribution < 1.29 is 0 Å². The van der Waals surface area contributed by atoms with Gasteiger partial charge in [-0.2, -0.15) is 0 Å². The van der Waals surface area contributed by atoms with E-state index < -0.39 is 0 Å². The third-order valence-electron chi connectivity index (χ3n) is 8.51. The zero-order valence-corrected chi connectivity index (χ0v) is 23.1. The van der Waals surface area contributed by atoms with E-state index in [0.29, 0.717) is 0 Å². The molecule has 10 rings (SSSR count). The molecule has 0 spiro atoms. The van der Waals surface area contributed by atoms with Crippen LogP contribution in [0.2, 0.25) is 0 Å². The lowest BCUT2D eigenvalue weighted by Crippen LogP contribution is -1.94. The monoisotopic (exact) mass is 561 g/mol. The maximum atomic E-state index is 5.17. The minimum atomic E-state index is 0.816. The van der Waals surface area contributed by atoms with Gasteiger partial charge in [0.25, 0.3) is 0 Å². The molecule has 0 radical (unpaired) electrons. The Hall–Kier alpha value is -6.21. The summed E-state index contributed by atoms with van der Waals surface area (Å²) in [6, 6.07) is 32.7. The molecule has 0 fully saturated rings. The Bertz CT molecular complexity index is 2650. The molecule has 0 aliphatic rings. The molecule has 5 aromatic carbocycles. The Morgan fingerprint density at radius 3 is 1.20 bits per heavy atom. The minimum absolute atomic E-state index is 0.816. The second-order valence-corrected chi connectivity index (χ2v) is 11.0. The lowest BCUT2D eigenvalue weighted by molar-refractivity contribution is 1.36. The standard InChI is InChI=1S/C37H19N7/c1-2-7-23-22(6-1)31-24(8-3-15-38-31)35-34(23)41-27-13-11-20(18-29(27)43-35)21-12-14-28-30(19-21)44-37-26-10-5-17-40-33(26)32-25(36(37)42-28)9-4-16-39-32/h1-19H. The second-order valence-electron chi connectivity index (χ2n) is 11.0. The lowest BCUT2D eigenvalue weighted by atomic mass is 10.0. The minimum Gasteiger partial charge on any atom is -0.256 e. The highest BCUT2D eigenvalue weighted by Crippen LogP contribution is 2.35. The average molecular weight is 562 g/mol. The Balaban J connectivity index is 1.20. The summed E-state index contributed by atoms with van der Waals surface area (Å²) in [4.78, 5) is 34.5. The van der Waals surface area contributed by atoms with Gasteiger partial charge in [-0.25, -0.2) is 19.9 Å². The summed E-state index contributed by atoms with van der Waals surface area (Å²) in [7, 11) is 0. The molecule has 0 bridgehead atoms. The van der Waals surface area contributed by atoms with Crippen molar-refractivity contribution in [2.75, 3.05) is 0 Å². The summed E-state index contributed by atoms with van der Waals surface area (Å²) in [6.45, 7) is 0. The Labute approximate surface area is 248 Å². The smallest absolute Gasteiger partial charge is 0.0996 e. The third-order valence-corrected chi connectivity index (χ3v) is 8.51. The topological polar surface area (TPSA) is 90.2 Å². The molecule has 5 aromatic heterocycles. The van der Waals surface area contributed by atoms with Crippen molar-refractivity contribution in [2.45, 2.75) is 0 Å². The van der Waals surface area contributed by atoms with Crippen LogP contribution in [0.3, 0.4) is 0 Å². The van der Waals surface area contributed by atoms with Crippen LogP contribution in [0.15, 0.2) is 116 Å². The van der Waals surface area contributed by atoms with Crippen LogP contribution in [0.5, 0.6) is 0 Å². The van der Waals surface area contributed by atoms with Gasteiger partial charge >= 0.3 is 0 Å². The lowest BCUT2D eigenvalue weighted by Gasteiger charge is -2.11. The summed E-state index contributed by atoms with van der Waals surface area (Å²) in [5.74, 6) is 0. The fourth-order valence-electron chi connectivity index (χ4n) is 6.50. The van der Waals surface area contributed by atoms with Crippen LogP contribution < -0.4 is 0 Å². The molecule has 10 aromatic rings. The number of rotatable bonds is 1. The molecular formula is C37H19N7. The number of nitrogens with zero attached hydrogens (tertiary/aromatic N) is 7.